The zero-order valence-corrected chi connectivity index (χ0v) is 3.33. The van der Waals surface area contributed by atoms with Gasteiger partial charge in [0, 0.05) is 0 Å². The van der Waals surface area contributed by atoms with E-state index >= 15 is 0 Å². The zero-order chi connectivity index (χ0) is 4.28. The first kappa shape index (κ1) is 4.70. The molecule has 0 aromatic heterocycles. The van der Waals surface area contributed by atoms with Crippen molar-refractivity contribution in [3.63, 3.8) is 0 Å². The molecule has 0 spiro atoms. The minimum Gasteiger partial charge on any atom is -0.276 e. The van der Waals surface area contributed by atoms with Gasteiger partial charge in [0.1, 0.15) is 0 Å². The van der Waals surface area contributed by atoms with Crippen molar-refractivity contribution in [3.05, 3.63) is 12.7 Å². The summed E-state index contributed by atoms with van der Waals surface area (Å²) in [6.07, 6.45) is 1.04. The summed E-state index contributed by atoms with van der Waals surface area (Å²) in [5.74, 6) is 0. The lowest BCUT2D eigenvalue weighted by molar-refractivity contribution is -0.107. The van der Waals surface area contributed by atoms with Crippen molar-refractivity contribution in [2.45, 2.75) is 0 Å². The highest BCUT2D eigenvalue weighted by Crippen LogP contribution is 1.74. The fourth-order valence-electron chi connectivity index (χ4n) is 0. The van der Waals surface area contributed by atoms with E-state index in [1.165, 1.54) is 0 Å². The van der Waals surface area contributed by atoms with Crippen molar-refractivity contribution in [2.24, 2.45) is 0 Å². The van der Waals surface area contributed by atoms with Crippen molar-refractivity contribution in [1.29, 1.82) is 0 Å². The lowest BCUT2D eigenvalue weighted by atomic mass is 10.7. The molecule has 0 heterocycles. The number of carbonyl (C=O) groups is 1. The molecular weight excluding hydrogens is 89.5 g/mol. The average molecular weight is 92.5 g/mol. The van der Waals surface area contributed by atoms with Crippen LogP contribution in [0, 0.1) is 0 Å². The first-order valence-corrected chi connectivity index (χ1v) is 1.47. The van der Waals surface area contributed by atoms with Crippen LogP contribution in [0.25, 0.3) is 0 Å². The van der Waals surface area contributed by atoms with E-state index < -0.39 is 5.24 Å². The second-order valence-electron chi connectivity index (χ2n) is 0.508. The average Bonchev–Trinajstić information content (AvgIpc) is 1.38. The molecule has 2 heteroatoms. The largest absolute Gasteiger partial charge is 0.276 e. The van der Waals surface area contributed by atoms with Gasteiger partial charge in [0.05, 0.1) is 0 Å². The first-order chi connectivity index (χ1) is 2.27. The third-order valence-corrected chi connectivity index (χ3v) is 0.315. The van der Waals surface area contributed by atoms with Gasteiger partial charge in [-0.3, -0.25) is 4.79 Å². The fraction of sp³-hybridized carbons (Fsp3) is 0. The van der Waals surface area contributed by atoms with Crippen molar-refractivity contribution in [1.82, 2.24) is 0 Å². The van der Waals surface area contributed by atoms with Gasteiger partial charge in [-0.15, -0.1) is 0 Å². The maximum Gasteiger partial charge on any atom is 0.244 e. The zero-order valence-electron chi connectivity index (χ0n) is 2.57. The molecule has 0 saturated carbocycles. The van der Waals surface area contributed by atoms with Gasteiger partial charge in [-0.2, -0.15) is 0 Å². The number of halogens is 1. The van der Waals surface area contributed by atoms with Gasteiger partial charge in [-0.1, -0.05) is 6.58 Å². The molecule has 0 rings (SSSR count). The lowest BCUT2D eigenvalue weighted by Crippen LogP contribution is -1.67. The number of hydrogen-bond acceptors (Lipinski definition) is 1. The summed E-state index contributed by atoms with van der Waals surface area (Å²) >= 11 is 4.71. The molecule has 28 valence electrons. The molecule has 1 nitrogen and oxygen atoms in total. The van der Waals surface area contributed by atoms with Crippen molar-refractivity contribution < 1.29 is 4.79 Å². The van der Waals surface area contributed by atoms with Crippen LogP contribution in [0.15, 0.2) is 12.7 Å². The van der Waals surface area contributed by atoms with Gasteiger partial charge < -0.3 is 0 Å². The molecule has 0 atom stereocenters. The van der Waals surface area contributed by atoms with E-state index in [0.29, 0.717) is 0 Å². The lowest BCUT2D eigenvalue weighted by Gasteiger charge is -1.59. The van der Waals surface area contributed by atoms with Gasteiger partial charge in [-0.05, 0) is 17.7 Å². The van der Waals surface area contributed by atoms with Crippen LogP contribution in [0.5, 0.6) is 0 Å². The molecular formula is C3H3ClO. The second kappa shape index (κ2) is 1.97. The first-order valence-electron chi connectivity index (χ1n) is 1.09. The highest BCUT2D eigenvalue weighted by molar-refractivity contribution is 6.66. The molecule has 0 fully saturated rings. The molecule has 0 aromatic rings. The number of allylic oxidation sites excluding steroid dienone is 1. The predicted octanol–water partition coefficient (Wildman–Crippen LogP) is 0.938. The summed E-state index contributed by atoms with van der Waals surface area (Å²) in [7, 11) is 0. The van der Waals surface area contributed by atoms with Crippen LogP contribution in [0.2, 0.25) is 0 Å². The minimum atomic E-state index is -0.509. The molecule has 0 radical (unpaired) electrons. The topological polar surface area (TPSA) is 17.1 Å². The molecule has 0 bridgehead atoms. The van der Waals surface area contributed by atoms with E-state index in [-0.39, 0.29) is 0 Å². The monoisotopic (exact) mass is 92.0 g/mol. The highest BCUT2D eigenvalue weighted by Gasteiger charge is 1.74. The molecule has 0 N–H and O–H groups in total. The van der Waals surface area contributed by atoms with Crippen LogP contribution in [-0.2, 0) is 4.79 Å². The van der Waals surface area contributed by atoms with Gasteiger partial charge in [0.15, 0.2) is 0 Å². The number of carbonyl (C=O) groups excluding carboxylic acids is 1. The summed E-state index contributed by atoms with van der Waals surface area (Å²) in [5, 5.41) is -0.509. The third kappa shape index (κ3) is 3.70. The molecule has 5 heavy (non-hydrogen) atoms. The van der Waals surface area contributed by atoms with Crippen molar-refractivity contribution >= 4 is 16.8 Å². The maximum absolute atomic E-state index is 9.46. The van der Waals surface area contributed by atoms with Crippen LogP contribution in [0.4, 0.5) is 0 Å². The fourth-order valence-corrected chi connectivity index (χ4v) is 0. The Morgan fingerprint density at radius 2 is 2.20 bits per heavy atom. The Morgan fingerprint density at radius 1 is 2.00 bits per heavy atom. The Kier molecular flexibility index (Phi) is 1.85. The summed E-state index contributed by atoms with van der Waals surface area (Å²) in [5.41, 5.74) is 0. The van der Waals surface area contributed by atoms with Gasteiger partial charge in [0.2, 0.25) is 5.24 Å². The van der Waals surface area contributed by atoms with Crippen LogP contribution in [-0.4, -0.2) is 5.24 Å². The predicted molar refractivity (Wildman–Crippen MR) is 21.1 cm³/mol. The Bertz CT molecular complexity index is 57.9. The summed E-state index contributed by atoms with van der Waals surface area (Å²) < 4.78 is 0. The van der Waals surface area contributed by atoms with E-state index in [1.807, 2.05) is 0 Å². The number of hydrogen-bond donors (Lipinski definition) is 0. The highest BCUT2D eigenvalue weighted by atomic mass is 35.5. The summed E-state index contributed by atoms with van der Waals surface area (Å²) in [6.45, 7) is 3.08. The van der Waals surface area contributed by atoms with E-state index in [9.17, 15) is 4.79 Å². The molecule has 0 aliphatic rings. The normalized spacial score (nSPS) is 6.60. The Morgan fingerprint density at radius 3 is 2.20 bits per heavy atom. The molecule has 0 amide bonds. The second-order valence-corrected chi connectivity index (χ2v) is 0.881. The van der Waals surface area contributed by atoms with E-state index in [2.05, 4.69) is 6.58 Å². The summed E-state index contributed by atoms with van der Waals surface area (Å²) in [4.78, 5) is 9.46. The Balaban J connectivity index is 3.20. The van der Waals surface area contributed by atoms with Gasteiger partial charge in [0.25, 0.3) is 0 Å². The number of rotatable bonds is 1. The van der Waals surface area contributed by atoms with Crippen molar-refractivity contribution in [3.8, 4) is 0 Å². The molecule has 0 saturated heterocycles. The molecule has 0 aromatic carbocycles. The van der Waals surface area contributed by atoms with Crippen molar-refractivity contribution in [2.75, 3.05) is 0 Å². The molecule has 0 unspecified atom stereocenters. The van der Waals surface area contributed by atoms with Crippen LogP contribution >= 0.6 is 11.6 Å². The van der Waals surface area contributed by atoms with E-state index in [0.717, 1.165) is 6.08 Å². The quantitative estimate of drug-likeness (QED) is 0.267. The smallest absolute Gasteiger partial charge is 0.244 e. The van der Waals surface area contributed by atoms with Gasteiger partial charge in [-0.25, -0.2) is 0 Å². The minimum absolute atomic E-state index is 0.509. The SMILES string of the molecule is C=CC(=[18O])Cl. The Labute approximate surface area is 35.2 Å². The van der Waals surface area contributed by atoms with Crippen LogP contribution < -0.4 is 0 Å². The summed E-state index contributed by atoms with van der Waals surface area (Å²) in [6, 6.07) is 0. The third-order valence-electron chi connectivity index (χ3n) is 0.160. The van der Waals surface area contributed by atoms with E-state index in [1.54, 1.807) is 0 Å². The Hall–Kier alpha value is -0.300. The van der Waals surface area contributed by atoms with Gasteiger partial charge >= 0.3 is 0 Å². The molecule has 0 aliphatic carbocycles. The molecule has 0 aliphatic heterocycles. The standard InChI is InChI=1S/C3H3ClO/c1-2-3(4)5/h2H,1H2/i5+2. The maximum atomic E-state index is 9.46. The van der Waals surface area contributed by atoms with E-state index in [4.69, 9.17) is 11.6 Å². The van der Waals surface area contributed by atoms with Crippen LogP contribution in [0.3, 0.4) is 0 Å². The van der Waals surface area contributed by atoms with Crippen LogP contribution in [0.1, 0.15) is 0 Å².